The lowest BCUT2D eigenvalue weighted by Gasteiger charge is -2.49. The third kappa shape index (κ3) is 3.31. The van der Waals surface area contributed by atoms with Gasteiger partial charge in [-0.1, -0.05) is 53.6 Å². The summed E-state index contributed by atoms with van der Waals surface area (Å²) >= 11 is 6.05. The summed E-state index contributed by atoms with van der Waals surface area (Å²) in [6.45, 7) is 1.74. The highest BCUT2D eigenvalue weighted by molar-refractivity contribution is 6.31. The molecule has 3 fully saturated rings. The van der Waals surface area contributed by atoms with Crippen molar-refractivity contribution in [2.75, 3.05) is 11.9 Å². The average molecular weight is 573 g/mol. The number of likely N-dealkylation sites (tertiary alicyclic amines) is 1. The SMILES string of the molecule is CN1C(=O)[C@H]2[C@H](CC=C3[C@H]2C[C@H]2C(=O)N(c4ccc(F)c(Cl)c4)C(=O)[C@@]2(C)[C@H]3c2c(O)ccc3ccccc23)C1=O. The van der Waals surface area contributed by atoms with Crippen LogP contribution in [0.25, 0.3) is 10.8 Å². The third-order valence-electron chi connectivity index (χ3n) is 9.89. The Bertz CT molecular complexity index is 1750. The Hall–Kier alpha value is -4.04. The van der Waals surface area contributed by atoms with E-state index in [4.69, 9.17) is 11.6 Å². The summed E-state index contributed by atoms with van der Waals surface area (Å²) in [6.07, 6.45) is 2.46. The van der Waals surface area contributed by atoms with Crippen LogP contribution < -0.4 is 4.90 Å². The van der Waals surface area contributed by atoms with Gasteiger partial charge in [0.2, 0.25) is 23.6 Å². The molecule has 1 saturated carbocycles. The average Bonchev–Trinajstić information content (AvgIpc) is 3.30. The molecule has 0 spiro atoms. The van der Waals surface area contributed by atoms with Crippen molar-refractivity contribution in [2.45, 2.75) is 25.7 Å². The van der Waals surface area contributed by atoms with Gasteiger partial charge in [0.1, 0.15) is 11.6 Å². The first-order chi connectivity index (χ1) is 19.6. The lowest BCUT2D eigenvalue weighted by atomic mass is 9.51. The van der Waals surface area contributed by atoms with Gasteiger partial charge in [0, 0.05) is 18.5 Å². The van der Waals surface area contributed by atoms with E-state index in [1.54, 1.807) is 19.1 Å². The van der Waals surface area contributed by atoms with Crippen LogP contribution in [0.1, 0.15) is 31.2 Å². The quantitative estimate of drug-likeness (QED) is 0.336. The Morgan fingerprint density at radius 1 is 0.976 bits per heavy atom. The zero-order chi connectivity index (χ0) is 29.0. The van der Waals surface area contributed by atoms with E-state index in [9.17, 15) is 28.7 Å². The molecule has 4 amide bonds. The number of amides is 4. The first-order valence-electron chi connectivity index (χ1n) is 13.6. The number of halogens is 2. The van der Waals surface area contributed by atoms with Crippen molar-refractivity contribution in [3.8, 4) is 5.75 Å². The van der Waals surface area contributed by atoms with Gasteiger partial charge < -0.3 is 5.11 Å². The Labute approximate surface area is 240 Å². The van der Waals surface area contributed by atoms with Crippen LogP contribution in [-0.4, -0.2) is 40.7 Å². The number of aromatic hydroxyl groups is 1. The number of carbonyl (C=O) groups is 4. The summed E-state index contributed by atoms with van der Waals surface area (Å²) < 4.78 is 14.0. The first-order valence-corrected chi connectivity index (χ1v) is 14.0. The normalized spacial score (nSPS) is 30.9. The van der Waals surface area contributed by atoms with Crippen LogP contribution in [0, 0.1) is 34.9 Å². The highest BCUT2D eigenvalue weighted by Gasteiger charge is 2.67. The van der Waals surface area contributed by atoms with Crippen molar-refractivity contribution in [2.24, 2.45) is 29.1 Å². The molecule has 0 aromatic heterocycles. The standard InChI is InChI=1S/C32H26ClFN2O5/c1-32-21(29(39)36(31(32)41)16-8-11-23(34)22(33)13-16)14-20-18(9-10-19-25(20)30(40)35(2)28(19)38)27(32)26-17-6-4-3-5-15(17)7-12-24(26)37/h3-9,11-13,19-21,25,27,37H,10,14H2,1-2H3/t19-,20+,21-,25-,27+,32+/m0/s1. The second kappa shape index (κ2) is 8.73. The van der Waals surface area contributed by atoms with Crippen LogP contribution in [0.2, 0.25) is 5.02 Å². The smallest absolute Gasteiger partial charge is 0.241 e. The minimum atomic E-state index is -1.34. The molecule has 208 valence electrons. The Kier molecular flexibility index (Phi) is 5.51. The molecular weight excluding hydrogens is 547 g/mol. The summed E-state index contributed by atoms with van der Waals surface area (Å²) in [7, 11) is 1.48. The van der Waals surface area contributed by atoms with E-state index in [1.807, 2.05) is 30.3 Å². The number of fused-ring (bicyclic) bond motifs is 5. The van der Waals surface area contributed by atoms with E-state index in [-0.39, 0.29) is 34.7 Å². The summed E-state index contributed by atoms with van der Waals surface area (Å²) in [5.74, 6) is -5.49. The molecule has 41 heavy (non-hydrogen) atoms. The maximum atomic E-state index is 14.5. The van der Waals surface area contributed by atoms with Gasteiger partial charge in [-0.2, -0.15) is 0 Å². The third-order valence-corrected chi connectivity index (χ3v) is 10.2. The second-order valence-electron chi connectivity index (χ2n) is 11.7. The van der Waals surface area contributed by atoms with Crippen LogP contribution >= 0.6 is 11.6 Å². The number of rotatable bonds is 2. The van der Waals surface area contributed by atoms with Crippen molar-refractivity contribution in [1.29, 1.82) is 0 Å². The molecule has 4 aliphatic rings. The number of phenols is 1. The summed E-state index contributed by atoms with van der Waals surface area (Å²) in [4.78, 5) is 57.3. The molecule has 7 rings (SSSR count). The van der Waals surface area contributed by atoms with E-state index in [2.05, 4.69) is 0 Å². The maximum Gasteiger partial charge on any atom is 0.241 e. The fourth-order valence-electron chi connectivity index (χ4n) is 7.94. The van der Waals surface area contributed by atoms with Crippen molar-refractivity contribution in [1.82, 2.24) is 4.90 Å². The predicted molar refractivity (Wildman–Crippen MR) is 149 cm³/mol. The molecule has 0 bridgehead atoms. The Morgan fingerprint density at radius 3 is 2.49 bits per heavy atom. The van der Waals surface area contributed by atoms with Gasteiger partial charge in [0.15, 0.2) is 0 Å². The van der Waals surface area contributed by atoms with Crippen LogP contribution in [0.3, 0.4) is 0 Å². The minimum Gasteiger partial charge on any atom is -0.508 e. The lowest BCUT2D eigenvalue weighted by molar-refractivity contribution is -0.138. The van der Waals surface area contributed by atoms with Gasteiger partial charge >= 0.3 is 0 Å². The molecular formula is C32H26ClFN2O5. The number of hydrogen-bond donors (Lipinski definition) is 1. The number of nitrogens with zero attached hydrogens (tertiary/aromatic N) is 2. The van der Waals surface area contributed by atoms with Crippen LogP contribution in [-0.2, 0) is 19.2 Å². The highest BCUT2D eigenvalue weighted by atomic mass is 35.5. The van der Waals surface area contributed by atoms with Gasteiger partial charge in [-0.25, -0.2) is 9.29 Å². The number of hydrogen-bond acceptors (Lipinski definition) is 5. The summed E-state index contributed by atoms with van der Waals surface area (Å²) in [6, 6.07) is 14.6. The molecule has 3 aromatic carbocycles. The molecule has 2 aliphatic carbocycles. The van der Waals surface area contributed by atoms with Crippen molar-refractivity contribution in [3.63, 3.8) is 0 Å². The number of imide groups is 2. The monoisotopic (exact) mass is 572 g/mol. The Balaban J connectivity index is 1.48. The van der Waals surface area contributed by atoms with E-state index in [0.29, 0.717) is 12.0 Å². The topological polar surface area (TPSA) is 95.0 Å². The maximum absolute atomic E-state index is 14.5. The summed E-state index contributed by atoms with van der Waals surface area (Å²) in [5.41, 5.74) is 0.111. The first kappa shape index (κ1) is 25.9. The highest BCUT2D eigenvalue weighted by Crippen LogP contribution is 2.65. The van der Waals surface area contributed by atoms with Crippen molar-refractivity contribution in [3.05, 3.63) is 82.6 Å². The van der Waals surface area contributed by atoms with Crippen molar-refractivity contribution >= 4 is 51.7 Å². The van der Waals surface area contributed by atoms with E-state index >= 15 is 0 Å². The largest absolute Gasteiger partial charge is 0.508 e. The van der Waals surface area contributed by atoms with Crippen LogP contribution in [0.5, 0.6) is 5.75 Å². The molecule has 3 aromatic rings. The summed E-state index contributed by atoms with van der Waals surface area (Å²) in [5, 5.41) is 12.7. The molecule has 0 unspecified atom stereocenters. The van der Waals surface area contributed by atoms with Gasteiger partial charge in [-0.15, -0.1) is 0 Å². The number of carbonyl (C=O) groups excluding carboxylic acids is 4. The molecule has 9 heteroatoms. The van der Waals surface area contributed by atoms with E-state index < -0.39 is 52.6 Å². The fraction of sp³-hybridized carbons (Fsp3) is 0.312. The van der Waals surface area contributed by atoms with Gasteiger partial charge in [-0.3, -0.25) is 24.1 Å². The zero-order valence-electron chi connectivity index (χ0n) is 22.3. The molecule has 7 nitrogen and oxygen atoms in total. The second-order valence-corrected chi connectivity index (χ2v) is 12.1. The molecule has 2 heterocycles. The predicted octanol–water partition coefficient (Wildman–Crippen LogP) is 5.20. The fourth-order valence-corrected chi connectivity index (χ4v) is 8.11. The molecule has 2 saturated heterocycles. The molecule has 1 N–H and O–H groups in total. The number of anilines is 1. The molecule has 6 atom stereocenters. The number of phenolic OH excluding ortho intramolecular Hbond substituents is 1. The van der Waals surface area contributed by atoms with Crippen LogP contribution in [0.15, 0.2) is 66.2 Å². The van der Waals surface area contributed by atoms with Gasteiger partial charge in [0.05, 0.1) is 33.9 Å². The van der Waals surface area contributed by atoms with Gasteiger partial charge in [0.25, 0.3) is 0 Å². The Morgan fingerprint density at radius 2 is 1.73 bits per heavy atom. The van der Waals surface area contributed by atoms with E-state index in [1.165, 1.54) is 24.1 Å². The zero-order valence-corrected chi connectivity index (χ0v) is 23.1. The van der Waals surface area contributed by atoms with Gasteiger partial charge in [-0.05, 0) is 60.7 Å². The number of allylic oxidation sites excluding steroid dienone is 2. The molecule has 2 aliphatic heterocycles. The number of benzene rings is 3. The molecule has 0 radical (unpaired) electrons. The van der Waals surface area contributed by atoms with Crippen LogP contribution in [0.4, 0.5) is 10.1 Å². The lowest BCUT2D eigenvalue weighted by Crippen LogP contribution is -2.48. The van der Waals surface area contributed by atoms with E-state index in [0.717, 1.165) is 27.3 Å². The van der Waals surface area contributed by atoms with Crippen molar-refractivity contribution < 1.29 is 28.7 Å². The minimum absolute atomic E-state index is 0.0215.